The zero-order chi connectivity index (χ0) is 20.4. The Labute approximate surface area is 174 Å². The lowest BCUT2D eigenvalue weighted by molar-refractivity contribution is 0.102. The van der Waals surface area contributed by atoms with E-state index in [-0.39, 0.29) is 5.91 Å². The molecule has 0 bridgehead atoms. The fraction of sp³-hybridized carbons (Fsp3) is 0.0833. The Bertz CT molecular complexity index is 1220. The third kappa shape index (κ3) is 3.93. The van der Waals surface area contributed by atoms with Gasteiger partial charge >= 0.3 is 0 Å². The number of pyridine rings is 1. The smallest absolute Gasteiger partial charge is 0.256 e. The average Bonchev–Trinajstić information content (AvgIpc) is 2.75. The predicted octanol–water partition coefficient (Wildman–Crippen LogP) is 6.12. The number of benzene rings is 3. The third-order valence-electron chi connectivity index (χ3n) is 4.77. The molecule has 0 aliphatic rings. The summed E-state index contributed by atoms with van der Waals surface area (Å²) in [7, 11) is 1.62. The zero-order valence-corrected chi connectivity index (χ0v) is 16.8. The number of aryl methyl sites for hydroxylation is 1. The quantitative estimate of drug-likeness (QED) is 0.447. The Kier molecular flexibility index (Phi) is 5.19. The Morgan fingerprint density at radius 2 is 1.83 bits per heavy atom. The summed E-state index contributed by atoms with van der Waals surface area (Å²) in [6.45, 7) is 1.93. The number of amides is 1. The Morgan fingerprint density at radius 3 is 2.66 bits per heavy atom. The summed E-state index contributed by atoms with van der Waals surface area (Å²) in [5.74, 6) is 0.524. The average molecular weight is 403 g/mol. The molecule has 1 heterocycles. The lowest BCUT2D eigenvalue weighted by Gasteiger charge is -2.13. The van der Waals surface area contributed by atoms with Gasteiger partial charge in [-0.25, -0.2) is 4.98 Å². The number of fused-ring (bicyclic) bond motifs is 1. The molecule has 0 aliphatic heterocycles. The van der Waals surface area contributed by atoms with Crippen molar-refractivity contribution in [3.63, 3.8) is 0 Å². The molecule has 0 spiro atoms. The van der Waals surface area contributed by atoms with Crippen molar-refractivity contribution >= 4 is 34.1 Å². The number of methoxy groups -OCH3 is 1. The van der Waals surface area contributed by atoms with Crippen LogP contribution in [0.25, 0.3) is 22.2 Å². The minimum Gasteiger partial charge on any atom is -0.497 e. The second-order valence-electron chi connectivity index (χ2n) is 6.72. The molecule has 4 rings (SSSR count). The third-order valence-corrected chi connectivity index (χ3v) is 5.01. The fourth-order valence-electron chi connectivity index (χ4n) is 3.21. The highest BCUT2D eigenvalue weighted by atomic mass is 35.5. The number of ether oxygens (including phenoxy) is 1. The molecule has 0 aliphatic carbocycles. The standard InChI is InChI=1S/C24H19ClN2O2/c1-15-10-11-17(25)13-22(15)27-24(28)20-14-23(16-6-5-7-18(12-16)29-2)26-21-9-4-3-8-19(20)21/h3-14H,1-2H3,(H,27,28). The van der Waals surface area contributed by atoms with Crippen molar-refractivity contribution in [1.82, 2.24) is 4.98 Å². The summed E-state index contributed by atoms with van der Waals surface area (Å²) < 4.78 is 5.33. The van der Waals surface area contributed by atoms with Crippen LogP contribution >= 0.6 is 11.6 Å². The number of rotatable bonds is 4. The molecule has 0 radical (unpaired) electrons. The highest BCUT2D eigenvalue weighted by molar-refractivity contribution is 6.31. The Hall–Kier alpha value is -3.37. The van der Waals surface area contributed by atoms with Gasteiger partial charge < -0.3 is 10.1 Å². The van der Waals surface area contributed by atoms with Gasteiger partial charge in [0.25, 0.3) is 5.91 Å². The maximum absolute atomic E-state index is 13.2. The van der Waals surface area contributed by atoms with Gasteiger partial charge in [0.1, 0.15) is 5.75 Å². The number of para-hydroxylation sites is 1. The molecule has 5 heteroatoms. The first kappa shape index (κ1) is 19.0. The first-order chi connectivity index (χ1) is 14.0. The van der Waals surface area contributed by atoms with Gasteiger partial charge in [-0.3, -0.25) is 4.79 Å². The van der Waals surface area contributed by atoms with Crippen LogP contribution in [0.3, 0.4) is 0 Å². The zero-order valence-electron chi connectivity index (χ0n) is 16.1. The van der Waals surface area contributed by atoms with Gasteiger partial charge in [0.05, 0.1) is 23.9 Å². The molecule has 3 aromatic carbocycles. The van der Waals surface area contributed by atoms with Gasteiger partial charge in [0.2, 0.25) is 0 Å². The first-order valence-corrected chi connectivity index (χ1v) is 9.54. The molecule has 1 amide bonds. The molecule has 144 valence electrons. The van der Waals surface area contributed by atoms with E-state index in [1.807, 2.05) is 67.6 Å². The highest BCUT2D eigenvalue weighted by Gasteiger charge is 2.15. The van der Waals surface area contributed by atoms with E-state index in [1.54, 1.807) is 19.2 Å². The molecule has 1 N–H and O–H groups in total. The molecule has 4 nitrogen and oxygen atoms in total. The molecule has 29 heavy (non-hydrogen) atoms. The Balaban J connectivity index is 1.82. The van der Waals surface area contributed by atoms with Crippen LogP contribution in [0.1, 0.15) is 15.9 Å². The lowest BCUT2D eigenvalue weighted by Crippen LogP contribution is -2.14. The van der Waals surface area contributed by atoms with E-state index in [0.717, 1.165) is 27.8 Å². The number of hydrogen-bond acceptors (Lipinski definition) is 3. The van der Waals surface area contributed by atoms with Crippen LogP contribution in [-0.4, -0.2) is 18.0 Å². The van der Waals surface area contributed by atoms with Crippen LogP contribution in [0.5, 0.6) is 5.75 Å². The number of carbonyl (C=O) groups is 1. The van der Waals surface area contributed by atoms with Crippen LogP contribution in [0.15, 0.2) is 72.8 Å². The van der Waals surface area contributed by atoms with Crippen LogP contribution in [0.2, 0.25) is 5.02 Å². The predicted molar refractivity (Wildman–Crippen MR) is 118 cm³/mol. The van der Waals surface area contributed by atoms with Crippen molar-refractivity contribution in [2.24, 2.45) is 0 Å². The van der Waals surface area contributed by atoms with Crippen LogP contribution in [-0.2, 0) is 0 Å². The van der Waals surface area contributed by atoms with Crippen LogP contribution < -0.4 is 10.1 Å². The van der Waals surface area contributed by atoms with E-state index < -0.39 is 0 Å². The highest BCUT2D eigenvalue weighted by Crippen LogP contribution is 2.28. The van der Waals surface area contributed by atoms with E-state index in [1.165, 1.54) is 0 Å². The normalized spacial score (nSPS) is 10.7. The number of nitrogens with zero attached hydrogens (tertiary/aromatic N) is 1. The van der Waals surface area contributed by atoms with Crippen LogP contribution in [0.4, 0.5) is 5.69 Å². The minimum absolute atomic E-state index is 0.210. The molecule has 0 atom stereocenters. The minimum atomic E-state index is -0.210. The van der Waals surface area contributed by atoms with Gasteiger partial charge in [0, 0.05) is 21.7 Å². The van der Waals surface area contributed by atoms with Gasteiger partial charge in [0.15, 0.2) is 0 Å². The summed E-state index contributed by atoms with van der Waals surface area (Å²) in [6.07, 6.45) is 0. The maximum atomic E-state index is 13.2. The Morgan fingerprint density at radius 1 is 1.00 bits per heavy atom. The number of carbonyl (C=O) groups excluding carboxylic acids is 1. The summed E-state index contributed by atoms with van der Waals surface area (Å²) in [5, 5.41) is 4.34. The van der Waals surface area contributed by atoms with Gasteiger partial charge in [-0.05, 0) is 48.9 Å². The molecule has 4 aromatic rings. The molecule has 1 aromatic heterocycles. The molecule has 0 saturated heterocycles. The largest absolute Gasteiger partial charge is 0.497 e. The van der Waals surface area contributed by atoms with E-state index in [0.29, 0.717) is 22.0 Å². The van der Waals surface area contributed by atoms with Crippen molar-refractivity contribution < 1.29 is 9.53 Å². The van der Waals surface area contributed by atoms with E-state index in [4.69, 9.17) is 21.3 Å². The number of nitrogens with one attached hydrogen (secondary N) is 1. The van der Waals surface area contributed by atoms with Crippen molar-refractivity contribution in [1.29, 1.82) is 0 Å². The van der Waals surface area contributed by atoms with Crippen molar-refractivity contribution in [3.05, 3.63) is 88.9 Å². The number of aromatic nitrogens is 1. The number of hydrogen-bond donors (Lipinski definition) is 1. The van der Waals surface area contributed by atoms with Gasteiger partial charge in [-0.1, -0.05) is 48.0 Å². The topological polar surface area (TPSA) is 51.2 Å². The van der Waals surface area contributed by atoms with E-state index in [9.17, 15) is 4.79 Å². The van der Waals surface area contributed by atoms with Crippen molar-refractivity contribution in [2.75, 3.05) is 12.4 Å². The fourth-order valence-corrected chi connectivity index (χ4v) is 3.38. The van der Waals surface area contributed by atoms with Gasteiger partial charge in [-0.2, -0.15) is 0 Å². The lowest BCUT2D eigenvalue weighted by atomic mass is 10.0. The molecular formula is C24H19ClN2O2. The molecule has 0 unspecified atom stereocenters. The second-order valence-corrected chi connectivity index (χ2v) is 7.15. The number of halogens is 1. The van der Waals surface area contributed by atoms with E-state index >= 15 is 0 Å². The number of anilines is 1. The van der Waals surface area contributed by atoms with Crippen molar-refractivity contribution in [2.45, 2.75) is 6.92 Å². The monoisotopic (exact) mass is 402 g/mol. The van der Waals surface area contributed by atoms with Crippen LogP contribution in [0, 0.1) is 6.92 Å². The van der Waals surface area contributed by atoms with Gasteiger partial charge in [-0.15, -0.1) is 0 Å². The first-order valence-electron chi connectivity index (χ1n) is 9.17. The molecular weight excluding hydrogens is 384 g/mol. The maximum Gasteiger partial charge on any atom is 0.256 e. The molecule has 0 fully saturated rings. The molecule has 0 saturated carbocycles. The second kappa shape index (κ2) is 7.94. The SMILES string of the molecule is COc1cccc(-c2cc(C(=O)Nc3cc(Cl)ccc3C)c3ccccc3n2)c1. The summed E-state index contributed by atoms with van der Waals surface area (Å²) in [5.41, 5.74) is 4.51. The van der Waals surface area contributed by atoms with Crippen molar-refractivity contribution in [3.8, 4) is 17.0 Å². The summed E-state index contributed by atoms with van der Waals surface area (Å²) in [6, 6.07) is 22.5. The summed E-state index contributed by atoms with van der Waals surface area (Å²) >= 11 is 6.10. The van der Waals surface area contributed by atoms with E-state index in [2.05, 4.69) is 5.32 Å². The summed E-state index contributed by atoms with van der Waals surface area (Å²) in [4.78, 5) is 17.9.